The predicted octanol–water partition coefficient (Wildman–Crippen LogP) is 12.2. The summed E-state index contributed by atoms with van der Waals surface area (Å²) < 4.78 is 6.43. The van der Waals surface area contributed by atoms with Gasteiger partial charge < -0.3 is 4.42 Å². The van der Waals surface area contributed by atoms with E-state index in [1.165, 1.54) is 27.1 Å². The van der Waals surface area contributed by atoms with E-state index in [-0.39, 0.29) is 0 Å². The number of hydrogen-bond donors (Lipinski definition) is 0. The van der Waals surface area contributed by atoms with Crippen LogP contribution in [0, 0.1) is 0 Å². The van der Waals surface area contributed by atoms with Gasteiger partial charge >= 0.3 is 0 Å². The maximum absolute atomic E-state index is 6.43. The second kappa shape index (κ2) is 11.9. The van der Waals surface area contributed by atoms with E-state index in [1.807, 2.05) is 30.5 Å². The minimum absolute atomic E-state index is 0.591. The first kappa shape index (κ1) is 28.6. The number of nitrogens with zero attached hydrogens (tertiary/aromatic N) is 2. The van der Waals surface area contributed by atoms with Gasteiger partial charge in [0.25, 0.3) is 0 Å². The second-order valence-corrected chi connectivity index (χ2v) is 12.4. The molecule has 3 heteroatoms. The highest BCUT2D eigenvalue weighted by atomic mass is 16.3. The van der Waals surface area contributed by atoms with Crippen molar-refractivity contribution in [3.63, 3.8) is 0 Å². The third-order valence-electron chi connectivity index (χ3n) is 9.25. The molecule has 0 radical (unpaired) electrons. The van der Waals surface area contributed by atoms with E-state index in [0.717, 1.165) is 55.0 Å². The quantitative estimate of drug-likeness (QED) is 0.138. The van der Waals surface area contributed by atoms with Gasteiger partial charge in [-0.15, -0.1) is 0 Å². The molecular weight excluding hydrogens is 597 g/mol. The molecule has 9 aromatic rings. The summed E-state index contributed by atoms with van der Waals surface area (Å²) in [6, 6.07) is 57.0. The summed E-state index contributed by atoms with van der Waals surface area (Å²) in [6.07, 6.45) is 1.86. The number of aliphatic imine (C=N–C) groups is 2. The lowest BCUT2D eigenvalue weighted by molar-refractivity contribution is 0.669. The average Bonchev–Trinajstić information content (AvgIpc) is 3.53. The van der Waals surface area contributed by atoms with Gasteiger partial charge in [-0.25, -0.2) is 9.98 Å². The monoisotopic (exact) mass is 626 g/mol. The topological polar surface area (TPSA) is 37.9 Å². The van der Waals surface area contributed by atoms with Crippen LogP contribution < -0.4 is 0 Å². The Morgan fingerprint density at radius 3 is 1.67 bits per heavy atom. The van der Waals surface area contributed by atoms with Gasteiger partial charge in [0.2, 0.25) is 0 Å². The summed E-state index contributed by atoms with van der Waals surface area (Å²) in [5, 5.41) is 9.25. The van der Waals surface area contributed by atoms with Crippen LogP contribution in [0.4, 0.5) is 0 Å². The first-order chi connectivity index (χ1) is 24.1. The Morgan fingerprint density at radius 1 is 0.469 bits per heavy atom. The molecule has 3 nitrogen and oxygen atoms in total. The summed E-state index contributed by atoms with van der Waals surface area (Å²) in [5.74, 6) is 0.591. The zero-order valence-electron chi connectivity index (χ0n) is 26.7. The number of furan rings is 1. The van der Waals surface area contributed by atoms with Crippen molar-refractivity contribution < 1.29 is 4.42 Å². The lowest BCUT2D eigenvalue weighted by Crippen LogP contribution is -1.99. The van der Waals surface area contributed by atoms with Crippen LogP contribution >= 0.6 is 0 Å². The molecule has 0 fully saturated rings. The molecule has 0 saturated carbocycles. The van der Waals surface area contributed by atoms with Gasteiger partial charge in [0.05, 0.1) is 5.70 Å². The van der Waals surface area contributed by atoms with Gasteiger partial charge in [0, 0.05) is 28.1 Å². The van der Waals surface area contributed by atoms with Crippen molar-refractivity contribution in [2.45, 2.75) is 0 Å². The van der Waals surface area contributed by atoms with Gasteiger partial charge in [0.1, 0.15) is 11.2 Å². The van der Waals surface area contributed by atoms with Crippen LogP contribution in [0.2, 0.25) is 0 Å². The molecule has 230 valence electrons. The molecule has 0 bridgehead atoms. The van der Waals surface area contributed by atoms with Gasteiger partial charge in [0.15, 0.2) is 5.84 Å². The molecule has 0 N–H and O–H groups in total. The van der Waals surface area contributed by atoms with Crippen molar-refractivity contribution in [3.05, 3.63) is 187 Å². The highest BCUT2D eigenvalue weighted by Crippen LogP contribution is 2.34. The predicted molar refractivity (Wildman–Crippen MR) is 208 cm³/mol. The first-order valence-electron chi connectivity index (χ1n) is 16.4. The van der Waals surface area contributed by atoms with Crippen molar-refractivity contribution in [2.24, 2.45) is 9.98 Å². The Hall–Kier alpha value is -6.58. The zero-order valence-corrected chi connectivity index (χ0v) is 26.7. The minimum Gasteiger partial charge on any atom is -0.456 e. The Bertz CT molecular complexity index is 2800. The molecule has 1 aromatic heterocycles. The van der Waals surface area contributed by atoms with Crippen LogP contribution in [0.1, 0.15) is 16.7 Å². The Morgan fingerprint density at radius 2 is 0.980 bits per heavy atom. The molecule has 0 aliphatic carbocycles. The van der Waals surface area contributed by atoms with E-state index in [0.29, 0.717) is 11.5 Å². The van der Waals surface area contributed by atoms with Gasteiger partial charge in [-0.3, -0.25) is 0 Å². The van der Waals surface area contributed by atoms with E-state index < -0.39 is 0 Å². The van der Waals surface area contributed by atoms with Crippen LogP contribution in [0.3, 0.4) is 0 Å². The highest BCUT2D eigenvalue weighted by molar-refractivity contribution is 6.11. The second-order valence-electron chi connectivity index (χ2n) is 12.4. The molecule has 8 aromatic carbocycles. The normalized spacial score (nSPS) is 12.2. The number of hydrogen-bond acceptors (Lipinski definition) is 2. The van der Waals surface area contributed by atoms with Crippen molar-refractivity contribution in [3.8, 4) is 11.1 Å². The molecule has 0 unspecified atom stereocenters. The molecule has 0 aliphatic rings. The SMILES string of the molecule is C=C(N=C(N=Cc1ccc2c(c1)oc1cc(-c3ccc4ccccc4c3)ccc12)c1ccc2ccccc2c1)c1ccc2ccccc2c1. The molecule has 0 atom stereocenters. The van der Waals surface area contributed by atoms with Crippen LogP contribution in [-0.4, -0.2) is 12.1 Å². The molecule has 9 rings (SSSR count). The summed E-state index contributed by atoms with van der Waals surface area (Å²) in [6.45, 7) is 4.35. The first-order valence-corrected chi connectivity index (χ1v) is 16.4. The fourth-order valence-electron chi connectivity index (χ4n) is 6.62. The van der Waals surface area contributed by atoms with Gasteiger partial charge in [-0.1, -0.05) is 128 Å². The summed E-state index contributed by atoms with van der Waals surface area (Å²) in [5.41, 5.74) is 7.43. The average molecular weight is 627 g/mol. The van der Waals surface area contributed by atoms with Crippen LogP contribution in [-0.2, 0) is 0 Å². The Kier molecular flexibility index (Phi) is 6.95. The van der Waals surface area contributed by atoms with Crippen LogP contribution in [0.5, 0.6) is 0 Å². The van der Waals surface area contributed by atoms with E-state index in [4.69, 9.17) is 14.4 Å². The van der Waals surface area contributed by atoms with Crippen LogP contribution in [0.15, 0.2) is 185 Å². The number of benzene rings is 8. The number of rotatable bonds is 5. The molecule has 0 aliphatic heterocycles. The maximum Gasteiger partial charge on any atom is 0.159 e. The van der Waals surface area contributed by atoms with Crippen molar-refractivity contribution >= 4 is 72.0 Å². The highest BCUT2D eigenvalue weighted by Gasteiger charge is 2.11. The van der Waals surface area contributed by atoms with Crippen molar-refractivity contribution in [1.29, 1.82) is 0 Å². The molecule has 0 amide bonds. The molecule has 0 spiro atoms. The Labute approximate surface area is 283 Å². The van der Waals surface area contributed by atoms with E-state index >= 15 is 0 Å². The van der Waals surface area contributed by atoms with Gasteiger partial charge in [-0.2, -0.15) is 0 Å². The fraction of sp³-hybridized carbons (Fsp3) is 0. The summed E-state index contributed by atoms with van der Waals surface area (Å²) >= 11 is 0. The Balaban J connectivity index is 1.08. The molecule has 0 saturated heterocycles. The summed E-state index contributed by atoms with van der Waals surface area (Å²) in [7, 11) is 0. The standard InChI is InChI=1S/C46H30N2O/c1-30(35-18-15-32-8-2-5-11-36(32)25-35)48-46(41-20-17-34-10-4-7-13-38(34)27-41)47-29-31-14-22-42-43-23-21-40(28-45(43)49-44(42)24-31)39-19-16-33-9-3-6-12-37(33)26-39/h2-29H,1H2. The van der Waals surface area contributed by atoms with E-state index in [2.05, 4.69) is 146 Å². The molecular formula is C46H30N2O. The number of amidine groups is 1. The maximum atomic E-state index is 6.43. The lowest BCUT2D eigenvalue weighted by Gasteiger charge is -2.07. The number of fused-ring (bicyclic) bond motifs is 6. The third-order valence-corrected chi connectivity index (χ3v) is 9.25. The van der Waals surface area contributed by atoms with E-state index in [1.54, 1.807) is 0 Å². The fourth-order valence-corrected chi connectivity index (χ4v) is 6.62. The summed E-state index contributed by atoms with van der Waals surface area (Å²) in [4.78, 5) is 9.96. The van der Waals surface area contributed by atoms with E-state index in [9.17, 15) is 0 Å². The van der Waals surface area contributed by atoms with Crippen molar-refractivity contribution in [1.82, 2.24) is 0 Å². The largest absolute Gasteiger partial charge is 0.456 e. The molecule has 1 heterocycles. The smallest absolute Gasteiger partial charge is 0.159 e. The van der Waals surface area contributed by atoms with Crippen LogP contribution in [0.25, 0.3) is 71.1 Å². The third kappa shape index (κ3) is 5.48. The lowest BCUT2D eigenvalue weighted by atomic mass is 10.00. The van der Waals surface area contributed by atoms with Gasteiger partial charge in [-0.05, 0) is 91.5 Å². The minimum atomic E-state index is 0.591. The molecule has 49 heavy (non-hydrogen) atoms. The van der Waals surface area contributed by atoms with Crippen molar-refractivity contribution in [2.75, 3.05) is 0 Å². The zero-order chi connectivity index (χ0) is 32.7.